The van der Waals surface area contributed by atoms with Gasteiger partial charge in [0.05, 0.1) is 5.69 Å². The number of aromatic nitrogens is 3. The fraction of sp³-hybridized carbons (Fsp3) is 0.200. The summed E-state index contributed by atoms with van der Waals surface area (Å²) in [5.41, 5.74) is -1.75. The number of amides is 2. The highest BCUT2D eigenvalue weighted by atomic mass is 19.4. The number of hydrogen-bond donors (Lipinski definition) is 2. The molecule has 1 unspecified atom stereocenters. The summed E-state index contributed by atoms with van der Waals surface area (Å²) in [7, 11) is 0. The van der Waals surface area contributed by atoms with Crippen molar-refractivity contribution in [1.29, 1.82) is 0 Å². The summed E-state index contributed by atoms with van der Waals surface area (Å²) in [6, 6.07) is 11.9. The summed E-state index contributed by atoms with van der Waals surface area (Å²) in [6.07, 6.45) is -4.98. The Morgan fingerprint density at radius 1 is 1.06 bits per heavy atom. The number of rotatable bonds is 6. The number of benzene rings is 2. The largest absolute Gasteiger partial charge is 0.435 e. The summed E-state index contributed by atoms with van der Waals surface area (Å²) in [6.45, 7) is 1.52. The molecule has 0 saturated carbocycles. The molecule has 162 valence electrons. The third kappa shape index (κ3) is 5.24. The van der Waals surface area contributed by atoms with E-state index in [1.165, 1.54) is 6.92 Å². The minimum Gasteiger partial charge on any atom is -0.350 e. The average Bonchev–Trinajstić information content (AvgIpc) is 3.19. The number of carbonyl (C=O) groups excluding carboxylic acids is 2. The Bertz CT molecular complexity index is 1070. The summed E-state index contributed by atoms with van der Waals surface area (Å²) in [5, 5.41) is 11.5. The summed E-state index contributed by atoms with van der Waals surface area (Å²) < 4.78 is 54.4. The van der Waals surface area contributed by atoms with Gasteiger partial charge in [0.15, 0.2) is 11.4 Å². The molecule has 0 saturated heterocycles. The Kier molecular flexibility index (Phi) is 6.33. The van der Waals surface area contributed by atoms with Crippen LogP contribution in [-0.2, 0) is 17.5 Å². The van der Waals surface area contributed by atoms with Gasteiger partial charge < -0.3 is 10.6 Å². The Morgan fingerprint density at radius 3 is 2.32 bits per heavy atom. The molecule has 11 heteroatoms. The second kappa shape index (κ2) is 8.94. The van der Waals surface area contributed by atoms with Crippen LogP contribution in [0.3, 0.4) is 0 Å². The van der Waals surface area contributed by atoms with Crippen LogP contribution in [0, 0.1) is 5.82 Å². The predicted octanol–water partition coefficient (Wildman–Crippen LogP) is 2.86. The van der Waals surface area contributed by atoms with E-state index in [4.69, 9.17) is 0 Å². The molecule has 0 radical (unpaired) electrons. The van der Waals surface area contributed by atoms with Crippen LogP contribution >= 0.6 is 0 Å². The van der Waals surface area contributed by atoms with Gasteiger partial charge in [0.2, 0.25) is 5.91 Å². The number of halogens is 4. The normalized spacial score (nSPS) is 12.3. The van der Waals surface area contributed by atoms with Gasteiger partial charge in [-0.25, -0.2) is 9.07 Å². The van der Waals surface area contributed by atoms with Gasteiger partial charge >= 0.3 is 6.18 Å². The Hall–Kier alpha value is -3.76. The van der Waals surface area contributed by atoms with Crippen LogP contribution in [0.1, 0.15) is 28.7 Å². The maximum atomic E-state index is 13.6. The van der Waals surface area contributed by atoms with Gasteiger partial charge in [-0.3, -0.25) is 9.59 Å². The summed E-state index contributed by atoms with van der Waals surface area (Å²) in [5.74, 6) is -2.45. The highest BCUT2D eigenvalue weighted by Gasteiger charge is 2.42. The van der Waals surface area contributed by atoms with Crippen LogP contribution in [-0.4, -0.2) is 32.9 Å². The topological polar surface area (TPSA) is 88.9 Å². The van der Waals surface area contributed by atoms with Gasteiger partial charge in [-0.1, -0.05) is 35.5 Å². The fourth-order valence-corrected chi connectivity index (χ4v) is 2.72. The van der Waals surface area contributed by atoms with Crippen molar-refractivity contribution in [3.05, 3.63) is 77.4 Å². The smallest absolute Gasteiger partial charge is 0.350 e. The van der Waals surface area contributed by atoms with Gasteiger partial charge in [0, 0.05) is 6.54 Å². The molecular weight excluding hydrogens is 418 g/mol. The summed E-state index contributed by atoms with van der Waals surface area (Å²) >= 11 is 0. The maximum absolute atomic E-state index is 13.6. The van der Waals surface area contributed by atoms with Gasteiger partial charge in [-0.15, -0.1) is 5.10 Å². The molecule has 0 fully saturated rings. The van der Waals surface area contributed by atoms with Gasteiger partial charge in [0.25, 0.3) is 5.91 Å². The van der Waals surface area contributed by atoms with Gasteiger partial charge in [-0.05, 0) is 36.8 Å². The predicted molar refractivity (Wildman–Crippen MR) is 102 cm³/mol. The molecule has 0 bridgehead atoms. The van der Waals surface area contributed by atoms with Crippen molar-refractivity contribution in [3.63, 3.8) is 0 Å². The van der Waals surface area contributed by atoms with E-state index < -0.39 is 41.2 Å². The van der Waals surface area contributed by atoms with Gasteiger partial charge in [-0.2, -0.15) is 13.2 Å². The maximum Gasteiger partial charge on any atom is 0.435 e. The van der Waals surface area contributed by atoms with Crippen LogP contribution in [0.4, 0.5) is 17.6 Å². The second-order valence-corrected chi connectivity index (χ2v) is 6.57. The summed E-state index contributed by atoms with van der Waals surface area (Å²) in [4.78, 5) is 24.6. The number of hydrogen-bond acceptors (Lipinski definition) is 4. The van der Waals surface area contributed by atoms with Crippen LogP contribution in [0.15, 0.2) is 54.6 Å². The van der Waals surface area contributed by atoms with Crippen molar-refractivity contribution in [1.82, 2.24) is 25.6 Å². The quantitative estimate of drug-likeness (QED) is 0.583. The molecule has 3 aromatic rings. The van der Waals surface area contributed by atoms with Crippen LogP contribution in [0.2, 0.25) is 0 Å². The standard InChI is InChI=1S/C20H17F4N5O2/c1-12(18(30)25-11-13-5-3-2-4-6-13)26-19(31)16-17(20(22,23)24)29(28-27-16)15-9-7-14(21)8-10-15/h2-10,12H,11H2,1H3,(H,25,30)(H,26,31). The molecule has 0 aliphatic rings. The molecule has 7 nitrogen and oxygen atoms in total. The van der Waals surface area contributed by atoms with E-state index in [1.807, 2.05) is 6.07 Å². The lowest BCUT2D eigenvalue weighted by Gasteiger charge is -2.15. The Morgan fingerprint density at radius 2 is 1.71 bits per heavy atom. The van der Waals surface area contributed by atoms with Crippen LogP contribution in [0.5, 0.6) is 0 Å². The molecule has 31 heavy (non-hydrogen) atoms. The molecule has 1 aromatic heterocycles. The average molecular weight is 435 g/mol. The number of alkyl halides is 3. The Labute approximate surface area is 174 Å². The molecule has 0 aliphatic heterocycles. The van der Waals surface area contributed by atoms with Crippen LogP contribution in [0.25, 0.3) is 5.69 Å². The van der Waals surface area contributed by atoms with Crippen LogP contribution < -0.4 is 10.6 Å². The van der Waals surface area contributed by atoms with Crippen molar-refractivity contribution in [2.24, 2.45) is 0 Å². The van der Waals surface area contributed by atoms with Crippen molar-refractivity contribution in [2.75, 3.05) is 0 Å². The van der Waals surface area contributed by atoms with Gasteiger partial charge in [0.1, 0.15) is 11.9 Å². The third-order valence-corrected chi connectivity index (χ3v) is 4.28. The first-order chi connectivity index (χ1) is 14.7. The Balaban J connectivity index is 1.76. The SMILES string of the molecule is CC(NC(=O)c1nnn(-c2ccc(F)cc2)c1C(F)(F)F)C(=O)NCc1ccccc1. The fourth-order valence-electron chi connectivity index (χ4n) is 2.72. The molecule has 3 rings (SSSR count). The minimum atomic E-state index is -4.98. The number of nitrogens with zero attached hydrogens (tertiary/aromatic N) is 3. The zero-order valence-electron chi connectivity index (χ0n) is 16.2. The highest BCUT2D eigenvalue weighted by molar-refractivity contribution is 5.97. The van der Waals surface area contributed by atoms with Crippen molar-refractivity contribution >= 4 is 11.8 Å². The molecule has 2 aromatic carbocycles. The van der Waals surface area contributed by atoms with Crippen molar-refractivity contribution in [3.8, 4) is 5.69 Å². The molecule has 0 aliphatic carbocycles. The van der Waals surface area contributed by atoms with E-state index in [9.17, 15) is 27.2 Å². The first-order valence-corrected chi connectivity index (χ1v) is 9.08. The van der Waals surface area contributed by atoms with E-state index in [0.29, 0.717) is 4.68 Å². The molecular formula is C20H17F4N5O2. The molecule has 2 N–H and O–H groups in total. The number of nitrogens with one attached hydrogen (secondary N) is 2. The molecule has 1 atom stereocenters. The molecule has 2 amide bonds. The van der Waals surface area contributed by atoms with Crippen molar-refractivity contribution < 1.29 is 27.2 Å². The lowest BCUT2D eigenvalue weighted by Crippen LogP contribution is -2.45. The number of carbonyl (C=O) groups is 2. The highest BCUT2D eigenvalue weighted by Crippen LogP contribution is 2.32. The first kappa shape index (κ1) is 21.9. The van der Waals surface area contributed by atoms with E-state index in [0.717, 1.165) is 29.8 Å². The lowest BCUT2D eigenvalue weighted by atomic mass is 10.2. The minimum absolute atomic E-state index is 0.131. The first-order valence-electron chi connectivity index (χ1n) is 9.08. The van der Waals surface area contributed by atoms with Crippen molar-refractivity contribution in [2.45, 2.75) is 25.7 Å². The zero-order chi connectivity index (χ0) is 22.6. The monoisotopic (exact) mass is 435 g/mol. The van der Waals surface area contributed by atoms with E-state index >= 15 is 0 Å². The lowest BCUT2D eigenvalue weighted by molar-refractivity contribution is -0.143. The third-order valence-electron chi connectivity index (χ3n) is 4.28. The van der Waals surface area contributed by atoms with E-state index in [-0.39, 0.29) is 12.2 Å². The molecule has 0 spiro atoms. The van der Waals surface area contributed by atoms with E-state index in [1.54, 1.807) is 24.3 Å². The molecule has 1 heterocycles. The zero-order valence-corrected chi connectivity index (χ0v) is 16.2. The van der Waals surface area contributed by atoms with E-state index in [2.05, 4.69) is 20.9 Å². The second-order valence-electron chi connectivity index (χ2n) is 6.57.